The Morgan fingerprint density at radius 1 is 1.03 bits per heavy atom. The maximum Gasteiger partial charge on any atom is 0.393 e. The molecule has 2 aromatic heterocycles. The molecule has 0 spiro atoms. The molecule has 1 saturated carbocycles. The zero-order chi connectivity index (χ0) is 27.3. The van der Waals surface area contributed by atoms with Gasteiger partial charge < -0.3 is 9.64 Å². The third-order valence-corrected chi connectivity index (χ3v) is 8.61. The number of nitrogens with zero attached hydrogens (tertiary/aromatic N) is 5. The van der Waals surface area contributed by atoms with Crippen molar-refractivity contribution in [2.45, 2.75) is 56.7 Å². The topological polar surface area (TPSA) is 63.5 Å². The van der Waals surface area contributed by atoms with Crippen LogP contribution in [0.3, 0.4) is 0 Å². The van der Waals surface area contributed by atoms with Crippen molar-refractivity contribution in [2.24, 2.45) is 5.92 Å². The fraction of sp³-hybridized carbons (Fsp3) is 0.536. The van der Waals surface area contributed by atoms with Gasteiger partial charge in [-0.25, -0.2) is 18.9 Å². The third-order valence-electron chi connectivity index (χ3n) is 8.61. The number of carbonyl (C=O) groups is 1. The standard InChI is InChI=1S/C28H31F4N5O2/c1-39-27(38)22-15-23(35-13-10-20(11-14-35)36-12-9-18(16-36)28(30,31)32)24-25(17-3-2-4-17)34-37(26(24)33-22)21-7-5-19(29)6-8-21/h5-8,15,17-18,20H,2-4,9-14,16H2,1H3. The molecule has 0 amide bonds. The van der Waals surface area contributed by atoms with E-state index in [1.165, 1.54) is 19.2 Å². The molecule has 1 aromatic carbocycles. The molecular weight excluding hydrogens is 514 g/mol. The summed E-state index contributed by atoms with van der Waals surface area (Å²) in [5.41, 5.74) is 3.05. The van der Waals surface area contributed by atoms with Crippen LogP contribution in [0.25, 0.3) is 16.7 Å². The molecular formula is C28H31F4N5O2. The van der Waals surface area contributed by atoms with E-state index in [9.17, 15) is 22.4 Å². The first-order chi connectivity index (χ1) is 18.7. The zero-order valence-electron chi connectivity index (χ0n) is 21.8. The van der Waals surface area contributed by atoms with Crippen molar-refractivity contribution in [2.75, 3.05) is 38.2 Å². The predicted octanol–water partition coefficient (Wildman–Crippen LogP) is 5.47. The molecule has 3 aliphatic rings. The first-order valence-corrected chi connectivity index (χ1v) is 13.6. The quantitative estimate of drug-likeness (QED) is 0.313. The van der Waals surface area contributed by atoms with Crippen LogP contribution in [0.4, 0.5) is 23.2 Å². The smallest absolute Gasteiger partial charge is 0.393 e. The molecule has 0 radical (unpaired) electrons. The summed E-state index contributed by atoms with van der Waals surface area (Å²) >= 11 is 0. The van der Waals surface area contributed by atoms with Crippen LogP contribution in [0.15, 0.2) is 30.3 Å². The van der Waals surface area contributed by atoms with Crippen molar-refractivity contribution in [3.8, 4) is 5.69 Å². The van der Waals surface area contributed by atoms with Crippen molar-refractivity contribution in [1.82, 2.24) is 19.7 Å². The number of piperidine rings is 1. The first kappa shape index (κ1) is 26.0. The number of carbonyl (C=O) groups excluding carboxylic acids is 1. The number of likely N-dealkylation sites (tertiary alicyclic amines) is 1. The van der Waals surface area contributed by atoms with Gasteiger partial charge in [-0.2, -0.15) is 18.3 Å². The maximum atomic E-state index is 13.7. The lowest BCUT2D eigenvalue weighted by Gasteiger charge is -2.38. The van der Waals surface area contributed by atoms with E-state index in [4.69, 9.17) is 9.84 Å². The van der Waals surface area contributed by atoms with Gasteiger partial charge >= 0.3 is 12.1 Å². The minimum Gasteiger partial charge on any atom is -0.464 e. The highest BCUT2D eigenvalue weighted by Gasteiger charge is 2.45. The number of pyridine rings is 1. The van der Waals surface area contributed by atoms with Crippen LogP contribution in [-0.2, 0) is 4.74 Å². The van der Waals surface area contributed by atoms with Crippen LogP contribution >= 0.6 is 0 Å². The van der Waals surface area contributed by atoms with Crippen LogP contribution in [0, 0.1) is 11.7 Å². The van der Waals surface area contributed by atoms with Crippen LogP contribution in [0.2, 0.25) is 0 Å². The Kier molecular flexibility index (Phi) is 6.73. The lowest BCUT2D eigenvalue weighted by molar-refractivity contribution is -0.171. The van der Waals surface area contributed by atoms with E-state index >= 15 is 0 Å². The van der Waals surface area contributed by atoms with Gasteiger partial charge in [0.05, 0.1) is 35.5 Å². The molecule has 6 rings (SSSR count). The molecule has 0 bridgehead atoms. The molecule has 1 unspecified atom stereocenters. The van der Waals surface area contributed by atoms with E-state index in [0.29, 0.717) is 31.0 Å². The van der Waals surface area contributed by atoms with Crippen molar-refractivity contribution in [1.29, 1.82) is 0 Å². The molecule has 2 saturated heterocycles. The molecule has 7 nitrogen and oxygen atoms in total. The summed E-state index contributed by atoms with van der Waals surface area (Å²) in [6.45, 7) is 1.82. The second-order valence-electron chi connectivity index (χ2n) is 10.9. The largest absolute Gasteiger partial charge is 0.464 e. The van der Waals surface area contributed by atoms with E-state index in [2.05, 4.69) is 9.88 Å². The van der Waals surface area contributed by atoms with E-state index in [0.717, 1.165) is 48.9 Å². The summed E-state index contributed by atoms with van der Waals surface area (Å²) in [7, 11) is 1.31. The number of ether oxygens (including phenoxy) is 1. The average molecular weight is 546 g/mol. The van der Waals surface area contributed by atoms with Crippen LogP contribution < -0.4 is 4.90 Å². The van der Waals surface area contributed by atoms with Gasteiger partial charge in [-0.15, -0.1) is 0 Å². The number of fused-ring (bicyclic) bond motifs is 1. The third kappa shape index (κ3) is 4.85. The maximum absolute atomic E-state index is 13.7. The van der Waals surface area contributed by atoms with Crippen molar-refractivity contribution < 1.29 is 27.1 Å². The van der Waals surface area contributed by atoms with E-state index < -0.39 is 18.1 Å². The molecule has 2 aliphatic heterocycles. The number of hydrogen-bond donors (Lipinski definition) is 0. The summed E-state index contributed by atoms with van der Waals surface area (Å²) in [5, 5.41) is 5.81. The van der Waals surface area contributed by atoms with Gasteiger partial charge in [-0.05, 0) is 69.0 Å². The Morgan fingerprint density at radius 3 is 2.33 bits per heavy atom. The monoisotopic (exact) mass is 545 g/mol. The fourth-order valence-electron chi connectivity index (χ4n) is 6.17. The van der Waals surface area contributed by atoms with Gasteiger partial charge in [-0.3, -0.25) is 4.90 Å². The van der Waals surface area contributed by atoms with E-state index in [1.807, 2.05) is 4.90 Å². The summed E-state index contributed by atoms with van der Waals surface area (Å²) < 4.78 is 60.1. The fourth-order valence-corrected chi connectivity index (χ4v) is 6.17. The van der Waals surface area contributed by atoms with Crippen molar-refractivity contribution >= 4 is 22.7 Å². The number of aromatic nitrogens is 3. The SMILES string of the molecule is COC(=O)c1cc(N2CCC(N3CCC(C(F)(F)F)C3)CC2)c2c(C3CCC3)nn(-c3ccc(F)cc3)c2n1. The number of methoxy groups -OCH3 is 1. The minimum absolute atomic E-state index is 0.0659. The summed E-state index contributed by atoms with van der Waals surface area (Å²) in [4.78, 5) is 21.5. The molecule has 3 aromatic rings. The zero-order valence-corrected chi connectivity index (χ0v) is 21.8. The molecule has 208 valence electrons. The predicted molar refractivity (Wildman–Crippen MR) is 138 cm³/mol. The number of benzene rings is 1. The van der Waals surface area contributed by atoms with Crippen LogP contribution in [0.1, 0.15) is 60.6 Å². The van der Waals surface area contributed by atoms with Crippen LogP contribution in [0.5, 0.6) is 0 Å². The number of hydrogen-bond acceptors (Lipinski definition) is 6. The second kappa shape index (κ2) is 10.1. The van der Waals surface area contributed by atoms with Crippen molar-refractivity contribution in [3.05, 3.63) is 47.5 Å². The van der Waals surface area contributed by atoms with E-state index in [-0.39, 0.29) is 36.4 Å². The van der Waals surface area contributed by atoms with E-state index in [1.54, 1.807) is 22.9 Å². The number of rotatable bonds is 5. The highest BCUT2D eigenvalue weighted by atomic mass is 19.4. The summed E-state index contributed by atoms with van der Waals surface area (Å²) in [6.07, 6.45) is 0.587. The molecule has 39 heavy (non-hydrogen) atoms. The van der Waals surface area contributed by atoms with Crippen LogP contribution in [-0.4, -0.2) is 71.1 Å². The minimum atomic E-state index is -4.15. The van der Waals surface area contributed by atoms with Crippen molar-refractivity contribution in [3.63, 3.8) is 0 Å². The molecule has 3 fully saturated rings. The molecule has 4 heterocycles. The first-order valence-electron chi connectivity index (χ1n) is 13.6. The van der Waals surface area contributed by atoms with Gasteiger partial charge in [0, 0.05) is 31.6 Å². The number of anilines is 1. The van der Waals surface area contributed by atoms with Gasteiger partial charge in [0.25, 0.3) is 0 Å². The highest BCUT2D eigenvalue weighted by Crippen LogP contribution is 2.43. The highest BCUT2D eigenvalue weighted by molar-refractivity contribution is 5.99. The lowest BCUT2D eigenvalue weighted by atomic mass is 9.82. The normalized spacial score (nSPS) is 21.5. The lowest BCUT2D eigenvalue weighted by Crippen LogP contribution is -2.44. The second-order valence-corrected chi connectivity index (χ2v) is 10.9. The average Bonchev–Trinajstić information content (AvgIpc) is 3.54. The number of esters is 1. The van der Waals surface area contributed by atoms with Gasteiger partial charge in [0.2, 0.25) is 0 Å². The Morgan fingerprint density at radius 2 is 1.74 bits per heavy atom. The summed E-state index contributed by atoms with van der Waals surface area (Å²) in [6, 6.07) is 7.84. The Labute approximate surface area is 223 Å². The molecule has 0 N–H and O–H groups in total. The summed E-state index contributed by atoms with van der Waals surface area (Å²) in [5.74, 6) is -1.92. The Hall–Kier alpha value is -3.21. The molecule has 11 heteroatoms. The van der Waals surface area contributed by atoms with Gasteiger partial charge in [-0.1, -0.05) is 6.42 Å². The van der Waals surface area contributed by atoms with Gasteiger partial charge in [0.15, 0.2) is 11.3 Å². The number of halogens is 4. The van der Waals surface area contributed by atoms with Gasteiger partial charge in [0.1, 0.15) is 5.82 Å². The molecule has 1 aliphatic carbocycles. The Bertz CT molecular complexity index is 1360. The number of alkyl halides is 3. The Balaban J connectivity index is 1.36. The molecule has 1 atom stereocenters.